The average Bonchev–Trinajstić information content (AvgIpc) is 3.68. The number of amides is 1. The maximum absolute atomic E-state index is 13.7. The first kappa shape index (κ1) is 27.3. The molecule has 1 saturated carbocycles. The third-order valence-corrected chi connectivity index (χ3v) is 8.94. The van der Waals surface area contributed by atoms with Crippen molar-refractivity contribution in [3.05, 3.63) is 99.7 Å². The van der Waals surface area contributed by atoms with Crippen molar-refractivity contribution in [2.75, 3.05) is 5.75 Å². The van der Waals surface area contributed by atoms with E-state index in [0.29, 0.717) is 5.56 Å². The van der Waals surface area contributed by atoms with Crippen LogP contribution in [-0.4, -0.2) is 24.6 Å². The molecule has 1 fully saturated rings. The van der Waals surface area contributed by atoms with Gasteiger partial charge in [0.05, 0.1) is 16.2 Å². The number of fused-ring (bicyclic) bond motifs is 1. The second kappa shape index (κ2) is 10.4. The first-order valence-corrected chi connectivity index (χ1v) is 14.6. The Labute approximate surface area is 229 Å². The third-order valence-electron chi connectivity index (χ3n) is 6.96. The van der Waals surface area contributed by atoms with Gasteiger partial charge < -0.3 is 9.88 Å². The molecule has 0 unspecified atom stereocenters. The lowest BCUT2D eigenvalue weighted by Gasteiger charge is -2.15. The Morgan fingerprint density at radius 3 is 2.38 bits per heavy atom. The second-order valence-corrected chi connectivity index (χ2v) is 12.4. The third kappa shape index (κ3) is 5.84. The van der Waals surface area contributed by atoms with Crippen molar-refractivity contribution < 1.29 is 26.4 Å². The van der Waals surface area contributed by atoms with Gasteiger partial charge in [-0.15, -0.1) is 0 Å². The minimum Gasteiger partial charge on any atom is -0.348 e. The summed E-state index contributed by atoms with van der Waals surface area (Å²) >= 11 is 5.86. The summed E-state index contributed by atoms with van der Waals surface area (Å²) in [6.07, 6.45) is -2.54. The van der Waals surface area contributed by atoms with Gasteiger partial charge in [0.15, 0.2) is 9.84 Å². The molecule has 0 aliphatic heterocycles. The molecule has 1 aromatic heterocycles. The van der Waals surface area contributed by atoms with E-state index in [1.54, 1.807) is 31.2 Å². The number of rotatable bonds is 8. The summed E-state index contributed by atoms with van der Waals surface area (Å²) in [7, 11) is -3.30. The molecule has 1 amide bonds. The highest BCUT2D eigenvalue weighted by atomic mass is 35.5. The number of carbonyl (C=O) groups is 1. The van der Waals surface area contributed by atoms with Crippen LogP contribution in [0.4, 0.5) is 13.2 Å². The molecule has 1 aliphatic rings. The zero-order valence-corrected chi connectivity index (χ0v) is 22.6. The molecule has 0 saturated heterocycles. The molecule has 0 spiro atoms. The van der Waals surface area contributed by atoms with Crippen LogP contribution in [0.2, 0.25) is 5.02 Å². The van der Waals surface area contributed by atoms with Crippen LogP contribution in [0.15, 0.2) is 71.6 Å². The van der Waals surface area contributed by atoms with Crippen molar-refractivity contribution in [1.82, 2.24) is 9.88 Å². The van der Waals surface area contributed by atoms with E-state index in [2.05, 4.69) is 9.88 Å². The van der Waals surface area contributed by atoms with E-state index in [9.17, 15) is 26.4 Å². The van der Waals surface area contributed by atoms with Gasteiger partial charge in [-0.2, -0.15) is 13.2 Å². The molecule has 1 aliphatic carbocycles. The van der Waals surface area contributed by atoms with Crippen molar-refractivity contribution in [3.63, 3.8) is 0 Å². The van der Waals surface area contributed by atoms with Crippen molar-refractivity contribution in [2.24, 2.45) is 0 Å². The van der Waals surface area contributed by atoms with Gasteiger partial charge in [0.1, 0.15) is 0 Å². The van der Waals surface area contributed by atoms with Crippen LogP contribution in [0.25, 0.3) is 10.9 Å². The maximum atomic E-state index is 13.7. The molecule has 5 nitrogen and oxygen atoms in total. The van der Waals surface area contributed by atoms with Crippen molar-refractivity contribution >= 4 is 38.2 Å². The predicted molar refractivity (Wildman–Crippen MR) is 145 cm³/mol. The standard InChI is InChI=1S/C29H26ClF3N2O3S/c1-2-39(37,38)25-10-3-18(4-11-25)17-34-28(36)20-6-12-27-21(13-20)15-24(35(27)23-8-9-23)14-19-5-7-22(30)16-26(19)29(31,32)33/h3-7,10-13,15-16,23H,2,8-9,14,17H2,1H3,(H,34,36). The second-order valence-electron chi connectivity index (χ2n) is 9.72. The molecule has 5 rings (SSSR count). The maximum Gasteiger partial charge on any atom is 0.416 e. The predicted octanol–water partition coefficient (Wildman–Crippen LogP) is 6.96. The van der Waals surface area contributed by atoms with Crippen LogP contribution in [0.5, 0.6) is 0 Å². The average molecular weight is 575 g/mol. The summed E-state index contributed by atoms with van der Waals surface area (Å²) in [6, 6.07) is 17.6. The Morgan fingerprint density at radius 1 is 1.03 bits per heavy atom. The van der Waals surface area contributed by atoms with Gasteiger partial charge in [0.25, 0.3) is 5.91 Å². The van der Waals surface area contributed by atoms with Gasteiger partial charge in [0.2, 0.25) is 0 Å². The van der Waals surface area contributed by atoms with E-state index in [1.165, 1.54) is 24.3 Å². The number of sulfone groups is 1. The van der Waals surface area contributed by atoms with E-state index in [4.69, 9.17) is 11.6 Å². The molecule has 10 heteroatoms. The van der Waals surface area contributed by atoms with Crippen molar-refractivity contribution in [1.29, 1.82) is 0 Å². The van der Waals surface area contributed by atoms with Crippen LogP contribution in [0.3, 0.4) is 0 Å². The highest BCUT2D eigenvalue weighted by molar-refractivity contribution is 7.91. The fourth-order valence-corrected chi connectivity index (χ4v) is 5.82. The van der Waals surface area contributed by atoms with Gasteiger partial charge >= 0.3 is 6.18 Å². The van der Waals surface area contributed by atoms with Crippen LogP contribution in [0.1, 0.15) is 58.5 Å². The summed E-state index contributed by atoms with van der Waals surface area (Å²) in [5.41, 5.74) is 2.20. The van der Waals surface area contributed by atoms with Crippen LogP contribution >= 0.6 is 11.6 Å². The number of hydrogen-bond acceptors (Lipinski definition) is 3. The normalized spacial score (nSPS) is 14.1. The Hall–Kier alpha value is -3.30. The zero-order valence-electron chi connectivity index (χ0n) is 21.1. The molecule has 204 valence electrons. The lowest BCUT2D eigenvalue weighted by molar-refractivity contribution is -0.138. The summed E-state index contributed by atoms with van der Waals surface area (Å²) < 4.78 is 67.2. The first-order valence-electron chi connectivity index (χ1n) is 12.6. The topological polar surface area (TPSA) is 68.2 Å². The minimum absolute atomic E-state index is 0.0128. The number of aromatic nitrogens is 1. The lowest BCUT2D eigenvalue weighted by atomic mass is 10.0. The van der Waals surface area contributed by atoms with Crippen LogP contribution in [-0.2, 0) is 29.0 Å². The molecule has 0 atom stereocenters. The van der Waals surface area contributed by atoms with Crippen molar-refractivity contribution in [3.8, 4) is 0 Å². The summed E-state index contributed by atoms with van der Waals surface area (Å²) in [5, 5.41) is 3.66. The summed E-state index contributed by atoms with van der Waals surface area (Å²) in [5.74, 6) is -0.293. The number of benzene rings is 3. The minimum atomic E-state index is -4.52. The summed E-state index contributed by atoms with van der Waals surface area (Å²) in [6.45, 7) is 1.80. The number of hydrogen-bond donors (Lipinski definition) is 1. The first-order chi connectivity index (χ1) is 18.5. The molecule has 4 aromatic rings. The molecule has 0 radical (unpaired) electrons. The van der Waals surface area contributed by atoms with Crippen molar-refractivity contribution in [2.45, 2.75) is 49.8 Å². The fourth-order valence-electron chi connectivity index (χ4n) is 4.76. The lowest BCUT2D eigenvalue weighted by Crippen LogP contribution is -2.22. The Morgan fingerprint density at radius 2 is 1.74 bits per heavy atom. The van der Waals surface area contributed by atoms with E-state index >= 15 is 0 Å². The monoisotopic (exact) mass is 574 g/mol. The molecule has 1 N–H and O–H groups in total. The number of halogens is 4. The van der Waals surface area contributed by atoms with Crippen LogP contribution < -0.4 is 5.32 Å². The molecule has 3 aromatic carbocycles. The SMILES string of the molecule is CCS(=O)(=O)c1ccc(CNC(=O)c2ccc3c(c2)cc(Cc2ccc(Cl)cc2C(F)(F)F)n3C2CC2)cc1. The summed E-state index contributed by atoms with van der Waals surface area (Å²) in [4.78, 5) is 13.1. The molecular weight excluding hydrogens is 549 g/mol. The van der Waals surface area contributed by atoms with Crippen LogP contribution in [0, 0.1) is 0 Å². The number of nitrogens with one attached hydrogen (secondary N) is 1. The smallest absolute Gasteiger partial charge is 0.348 e. The zero-order chi connectivity index (χ0) is 27.9. The molecule has 0 bridgehead atoms. The Balaban J connectivity index is 1.38. The Bertz CT molecular complexity index is 1660. The fraction of sp³-hybridized carbons (Fsp3) is 0.276. The van der Waals surface area contributed by atoms with Gasteiger partial charge in [0, 0.05) is 46.2 Å². The molecular formula is C29H26ClF3N2O3S. The highest BCUT2D eigenvalue weighted by Gasteiger charge is 2.34. The number of nitrogens with zero attached hydrogens (tertiary/aromatic N) is 1. The highest BCUT2D eigenvalue weighted by Crippen LogP contribution is 2.41. The molecule has 1 heterocycles. The van der Waals surface area contributed by atoms with Gasteiger partial charge in [-0.1, -0.05) is 36.7 Å². The largest absolute Gasteiger partial charge is 0.416 e. The number of alkyl halides is 3. The van der Waals surface area contributed by atoms with E-state index in [1.807, 2.05) is 12.1 Å². The Kier molecular flexibility index (Phi) is 7.24. The van der Waals surface area contributed by atoms with E-state index < -0.39 is 21.6 Å². The van der Waals surface area contributed by atoms with Gasteiger partial charge in [-0.3, -0.25) is 4.79 Å². The van der Waals surface area contributed by atoms with E-state index in [-0.39, 0.29) is 46.1 Å². The van der Waals surface area contributed by atoms with Gasteiger partial charge in [-0.05, 0) is 72.5 Å². The number of carbonyl (C=O) groups excluding carboxylic acids is 1. The molecule has 39 heavy (non-hydrogen) atoms. The quantitative estimate of drug-likeness (QED) is 0.247. The van der Waals surface area contributed by atoms with Gasteiger partial charge in [-0.25, -0.2) is 8.42 Å². The van der Waals surface area contributed by atoms with E-state index in [0.717, 1.165) is 41.1 Å².